The van der Waals surface area contributed by atoms with Crippen molar-refractivity contribution in [3.63, 3.8) is 0 Å². The number of ether oxygens (including phenoxy) is 2. The summed E-state index contributed by atoms with van der Waals surface area (Å²) >= 11 is 0. The van der Waals surface area contributed by atoms with Crippen molar-refractivity contribution in [2.75, 3.05) is 0 Å². The highest BCUT2D eigenvalue weighted by Crippen LogP contribution is 2.19. The number of carbonyl (C=O) groups excluding carboxylic acids is 1. The number of nitrogens with one attached hydrogen (secondary N) is 1. The van der Waals surface area contributed by atoms with Gasteiger partial charge in [0.2, 0.25) is 0 Å². The third-order valence-corrected chi connectivity index (χ3v) is 3.44. The molecule has 1 aliphatic carbocycles. The molecule has 1 aromatic carbocycles. The summed E-state index contributed by atoms with van der Waals surface area (Å²) in [6.07, 6.45) is 2.37. The quantitative estimate of drug-likeness (QED) is 0.838. The second-order valence-electron chi connectivity index (χ2n) is 6.67. The molecule has 5 nitrogen and oxygen atoms in total. The summed E-state index contributed by atoms with van der Waals surface area (Å²) in [6, 6.07) is 9.41. The van der Waals surface area contributed by atoms with Crippen LogP contribution in [0, 0.1) is 0 Å². The van der Waals surface area contributed by atoms with E-state index in [9.17, 15) is 9.90 Å². The van der Waals surface area contributed by atoms with Crippen LogP contribution in [-0.2, 0) is 16.1 Å². The van der Waals surface area contributed by atoms with Crippen molar-refractivity contribution in [3.8, 4) is 0 Å². The molecule has 0 unspecified atom stereocenters. The van der Waals surface area contributed by atoms with Crippen LogP contribution in [0.4, 0.5) is 4.79 Å². The van der Waals surface area contributed by atoms with Crippen molar-refractivity contribution in [2.24, 2.45) is 0 Å². The van der Waals surface area contributed by atoms with Gasteiger partial charge in [0.05, 0.1) is 12.6 Å². The first-order chi connectivity index (χ1) is 10.8. The maximum absolute atomic E-state index is 12.0. The molecule has 0 bridgehead atoms. The van der Waals surface area contributed by atoms with Gasteiger partial charge in [-0.2, -0.15) is 0 Å². The number of aliphatic hydroxyl groups excluding tert-OH is 1. The molecule has 3 atom stereocenters. The zero-order valence-electron chi connectivity index (χ0n) is 13.9. The lowest BCUT2D eigenvalue weighted by Gasteiger charge is -2.33. The lowest BCUT2D eigenvalue weighted by molar-refractivity contribution is -0.0519. The van der Waals surface area contributed by atoms with Crippen LogP contribution in [-0.4, -0.2) is 35.1 Å². The summed E-state index contributed by atoms with van der Waals surface area (Å²) < 4.78 is 11.1. The molecule has 2 rings (SSSR count). The van der Waals surface area contributed by atoms with Crippen LogP contribution >= 0.6 is 0 Å². The van der Waals surface area contributed by atoms with Gasteiger partial charge in [-0.25, -0.2) is 4.79 Å². The van der Waals surface area contributed by atoms with Crippen LogP contribution < -0.4 is 5.32 Å². The molecule has 0 aliphatic heterocycles. The van der Waals surface area contributed by atoms with Crippen molar-refractivity contribution < 1.29 is 19.4 Å². The van der Waals surface area contributed by atoms with Gasteiger partial charge in [0.1, 0.15) is 17.8 Å². The van der Waals surface area contributed by atoms with Crippen LogP contribution in [0.5, 0.6) is 0 Å². The maximum Gasteiger partial charge on any atom is 0.407 e. The van der Waals surface area contributed by atoms with Gasteiger partial charge >= 0.3 is 6.09 Å². The molecular formula is C18H25NO4. The first-order valence-electron chi connectivity index (χ1n) is 7.85. The number of carbonyl (C=O) groups is 1. The Bertz CT molecular complexity index is 536. The first-order valence-corrected chi connectivity index (χ1v) is 7.85. The van der Waals surface area contributed by atoms with Gasteiger partial charge in [0.15, 0.2) is 0 Å². The molecule has 0 saturated carbocycles. The predicted octanol–water partition coefficient (Wildman–Crippen LogP) is 2.79. The van der Waals surface area contributed by atoms with Crippen molar-refractivity contribution in [1.29, 1.82) is 0 Å². The molecule has 1 aliphatic rings. The topological polar surface area (TPSA) is 67.8 Å². The van der Waals surface area contributed by atoms with Crippen molar-refractivity contribution in [3.05, 3.63) is 48.0 Å². The maximum atomic E-state index is 12.0. The number of aliphatic hydroxyl groups is 1. The Hall–Kier alpha value is -1.85. The minimum atomic E-state index is -0.757. The van der Waals surface area contributed by atoms with Gasteiger partial charge < -0.3 is 19.9 Å². The molecular weight excluding hydrogens is 294 g/mol. The molecule has 0 aromatic heterocycles. The number of rotatable bonds is 4. The first kappa shape index (κ1) is 17.5. The highest BCUT2D eigenvalue weighted by Gasteiger charge is 2.32. The van der Waals surface area contributed by atoms with E-state index in [1.165, 1.54) is 0 Å². The van der Waals surface area contributed by atoms with Crippen molar-refractivity contribution in [1.82, 2.24) is 5.32 Å². The third-order valence-electron chi connectivity index (χ3n) is 3.44. The SMILES string of the molecule is CC(C)(C)OC(=O)N[C@@H]1CC=C[C@H](O)[C@H]1OCc1ccccc1. The van der Waals surface area contributed by atoms with E-state index in [4.69, 9.17) is 9.47 Å². The minimum Gasteiger partial charge on any atom is -0.444 e. The molecule has 23 heavy (non-hydrogen) atoms. The van der Waals surface area contributed by atoms with E-state index < -0.39 is 23.9 Å². The fraction of sp³-hybridized carbons (Fsp3) is 0.500. The van der Waals surface area contributed by atoms with Crippen LogP contribution in [0.2, 0.25) is 0 Å². The van der Waals surface area contributed by atoms with E-state index in [1.54, 1.807) is 6.08 Å². The molecule has 0 spiro atoms. The Balaban J connectivity index is 1.96. The van der Waals surface area contributed by atoms with E-state index in [0.717, 1.165) is 5.56 Å². The van der Waals surface area contributed by atoms with Gasteiger partial charge in [-0.05, 0) is 32.8 Å². The Kier molecular flexibility index (Phi) is 5.80. The van der Waals surface area contributed by atoms with E-state index in [0.29, 0.717) is 13.0 Å². The fourth-order valence-corrected chi connectivity index (χ4v) is 2.43. The molecule has 126 valence electrons. The monoisotopic (exact) mass is 319 g/mol. The number of hydrogen-bond donors (Lipinski definition) is 2. The molecule has 5 heteroatoms. The third kappa shape index (κ3) is 5.69. The summed E-state index contributed by atoms with van der Waals surface area (Å²) in [5.41, 5.74) is 0.457. The van der Waals surface area contributed by atoms with E-state index in [-0.39, 0.29) is 6.04 Å². The second-order valence-corrected chi connectivity index (χ2v) is 6.67. The smallest absolute Gasteiger partial charge is 0.407 e. The molecule has 2 N–H and O–H groups in total. The zero-order chi connectivity index (χ0) is 16.9. The Morgan fingerprint density at radius 3 is 2.65 bits per heavy atom. The van der Waals surface area contributed by atoms with Gasteiger partial charge in [-0.3, -0.25) is 0 Å². The predicted molar refractivity (Wildman–Crippen MR) is 87.9 cm³/mol. The van der Waals surface area contributed by atoms with Crippen molar-refractivity contribution >= 4 is 6.09 Å². The molecule has 1 aromatic rings. The summed E-state index contributed by atoms with van der Waals surface area (Å²) in [5.74, 6) is 0. The van der Waals surface area contributed by atoms with Gasteiger partial charge in [0.25, 0.3) is 0 Å². The lowest BCUT2D eigenvalue weighted by Crippen LogP contribution is -2.51. The molecule has 0 heterocycles. The van der Waals surface area contributed by atoms with Crippen LogP contribution in [0.15, 0.2) is 42.5 Å². The highest BCUT2D eigenvalue weighted by atomic mass is 16.6. The van der Waals surface area contributed by atoms with E-state index >= 15 is 0 Å². The number of amides is 1. The summed E-state index contributed by atoms with van der Waals surface area (Å²) in [7, 11) is 0. The summed E-state index contributed by atoms with van der Waals surface area (Å²) in [4.78, 5) is 12.0. The summed E-state index contributed by atoms with van der Waals surface area (Å²) in [5, 5.41) is 13.0. The normalized spacial score (nSPS) is 24.3. The number of hydrogen-bond acceptors (Lipinski definition) is 4. The number of benzene rings is 1. The van der Waals surface area contributed by atoms with Gasteiger partial charge in [0, 0.05) is 0 Å². The van der Waals surface area contributed by atoms with Gasteiger partial charge in [-0.15, -0.1) is 0 Å². The average Bonchev–Trinajstić information content (AvgIpc) is 2.45. The largest absolute Gasteiger partial charge is 0.444 e. The van der Waals surface area contributed by atoms with Crippen molar-refractivity contribution in [2.45, 2.75) is 57.6 Å². The van der Waals surface area contributed by atoms with Crippen LogP contribution in [0.1, 0.15) is 32.8 Å². The van der Waals surface area contributed by atoms with E-state index in [1.807, 2.05) is 57.2 Å². The highest BCUT2D eigenvalue weighted by molar-refractivity contribution is 5.68. The minimum absolute atomic E-state index is 0.325. The Labute approximate surface area is 137 Å². The van der Waals surface area contributed by atoms with Gasteiger partial charge in [-0.1, -0.05) is 42.5 Å². The number of alkyl carbamates (subject to hydrolysis) is 1. The zero-order valence-corrected chi connectivity index (χ0v) is 13.9. The molecule has 0 saturated heterocycles. The Morgan fingerprint density at radius 1 is 1.30 bits per heavy atom. The van der Waals surface area contributed by atoms with Crippen LogP contribution in [0.3, 0.4) is 0 Å². The molecule has 1 amide bonds. The second kappa shape index (κ2) is 7.62. The average molecular weight is 319 g/mol. The Morgan fingerprint density at radius 2 is 2.00 bits per heavy atom. The molecule has 0 radical (unpaired) electrons. The summed E-state index contributed by atoms with van der Waals surface area (Å²) in [6.45, 7) is 5.81. The van der Waals surface area contributed by atoms with E-state index in [2.05, 4.69) is 5.32 Å². The standard InChI is InChI=1S/C18H25NO4/c1-18(2,3)23-17(21)19-14-10-7-11-15(20)16(14)22-12-13-8-5-4-6-9-13/h4-9,11,14-16,20H,10,12H2,1-3H3,(H,19,21)/t14-,15+,16+/m1/s1. The van der Waals surface area contributed by atoms with Crippen LogP contribution in [0.25, 0.3) is 0 Å². The molecule has 0 fully saturated rings. The lowest BCUT2D eigenvalue weighted by atomic mass is 9.96. The fourth-order valence-electron chi connectivity index (χ4n) is 2.43.